The van der Waals surface area contributed by atoms with Gasteiger partial charge in [0, 0.05) is 16.7 Å². The molecule has 0 aromatic carbocycles. The lowest BCUT2D eigenvalue weighted by molar-refractivity contribution is -0.182. The van der Waals surface area contributed by atoms with Gasteiger partial charge in [-0.05, 0) is 76.9 Å². The van der Waals surface area contributed by atoms with Gasteiger partial charge < -0.3 is 14.9 Å². The smallest absolute Gasteiger partial charge is 0.311 e. The largest absolute Gasteiger partial charge is 0.457 e. The highest BCUT2D eigenvalue weighted by Crippen LogP contribution is 2.67. The summed E-state index contributed by atoms with van der Waals surface area (Å²) in [6.07, 6.45) is 7.48. The van der Waals surface area contributed by atoms with Crippen LogP contribution in [0.1, 0.15) is 66.7 Å². The fraction of sp³-hybridized carbons (Fsp3) is 0.731. The Labute approximate surface area is 190 Å². The Balaban J connectivity index is 1.60. The maximum absolute atomic E-state index is 13.2. The molecule has 0 aromatic rings. The lowest BCUT2D eigenvalue weighted by Gasteiger charge is -2.59. The normalized spacial score (nSPS) is 43.1. The number of hydrogen-bond acceptors (Lipinski definition) is 6. The number of esters is 1. The first-order chi connectivity index (χ1) is 14.7. The van der Waals surface area contributed by atoms with Crippen molar-refractivity contribution < 1.29 is 29.3 Å². The molecule has 0 amide bonds. The summed E-state index contributed by atoms with van der Waals surface area (Å²) >= 11 is 0. The second-order valence-electron chi connectivity index (χ2n) is 11.9. The highest BCUT2D eigenvalue weighted by Gasteiger charge is 2.68. The van der Waals surface area contributed by atoms with Crippen LogP contribution in [-0.4, -0.2) is 46.1 Å². The number of carbonyl (C=O) groups excluding carboxylic acids is 3. The van der Waals surface area contributed by atoms with E-state index in [-0.39, 0.29) is 29.0 Å². The van der Waals surface area contributed by atoms with Crippen LogP contribution >= 0.6 is 0 Å². The first kappa shape index (κ1) is 23.4. The zero-order valence-electron chi connectivity index (χ0n) is 19.8. The maximum Gasteiger partial charge on any atom is 0.311 e. The van der Waals surface area contributed by atoms with Crippen molar-refractivity contribution in [2.24, 2.45) is 34.0 Å². The zero-order valence-corrected chi connectivity index (χ0v) is 19.8. The van der Waals surface area contributed by atoms with Crippen LogP contribution in [0.2, 0.25) is 0 Å². The molecule has 3 saturated carbocycles. The molecule has 0 bridgehead atoms. The second kappa shape index (κ2) is 7.36. The molecular formula is C26H36O6. The van der Waals surface area contributed by atoms with Crippen molar-refractivity contribution in [1.29, 1.82) is 0 Å². The first-order valence-corrected chi connectivity index (χ1v) is 11.8. The van der Waals surface area contributed by atoms with Crippen LogP contribution in [-0.2, 0) is 19.1 Å². The molecule has 32 heavy (non-hydrogen) atoms. The lowest BCUT2D eigenvalue weighted by atomic mass is 9.46. The molecule has 0 aliphatic heterocycles. The van der Waals surface area contributed by atoms with E-state index in [4.69, 9.17) is 4.74 Å². The van der Waals surface area contributed by atoms with Crippen LogP contribution in [0.3, 0.4) is 0 Å². The molecule has 7 atom stereocenters. The molecular weight excluding hydrogens is 408 g/mol. The van der Waals surface area contributed by atoms with Gasteiger partial charge in [-0.2, -0.15) is 0 Å². The molecule has 6 nitrogen and oxygen atoms in total. The van der Waals surface area contributed by atoms with Crippen molar-refractivity contribution in [2.45, 2.75) is 78.4 Å². The number of ketones is 2. The molecule has 6 heteroatoms. The Hall–Kier alpha value is -1.79. The van der Waals surface area contributed by atoms with Gasteiger partial charge in [0.15, 0.2) is 12.4 Å². The molecule has 1 unspecified atom stereocenters. The number of Topliss-reactive ketones (excluding diaryl/α,β-unsaturated/α-hetero) is 1. The number of allylic oxidation sites excluding steroid dienone is 4. The minimum absolute atomic E-state index is 0.00305. The fourth-order valence-electron chi connectivity index (χ4n) is 7.26. The number of ether oxygens (including phenoxy) is 1. The number of hydrogen-bond donors (Lipinski definition) is 2. The van der Waals surface area contributed by atoms with E-state index in [2.05, 4.69) is 6.92 Å². The zero-order chi connectivity index (χ0) is 23.7. The summed E-state index contributed by atoms with van der Waals surface area (Å²) in [5, 5.41) is 23.0. The van der Waals surface area contributed by atoms with Crippen LogP contribution in [0.5, 0.6) is 0 Å². The molecule has 0 heterocycles. The Morgan fingerprint density at radius 1 is 1.22 bits per heavy atom. The Morgan fingerprint density at radius 3 is 2.56 bits per heavy atom. The first-order valence-electron chi connectivity index (χ1n) is 11.8. The number of carbonyl (C=O) groups is 3. The third-order valence-electron chi connectivity index (χ3n) is 9.06. The van der Waals surface area contributed by atoms with Crippen molar-refractivity contribution >= 4 is 17.5 Å². The summed E-state index contributed by atoms with van der Waals surface area (Å²) in [4.78, 5) is 37.3. The molecule has 0 saturated heterocycles. The van der Waals surface area contributed by atoms with Crippen LogP contribution < -0.4 is 0 Å². The maximum atomic E-state index is 13.2. The number of rotatable bonds is 3. The Kier molecular flexibility index (Phi) is 5.37. The average molecular weight is 445 g/mol. The fourth-order valence-corrected chi connectivity index (χ4v) is 7.26. The predicted molar refractivity (Wildman–Crippen MR) is 118 cm³/mol. The third kappa shape index (κ3) is 3.25. The highest BCUT2D eigenvalue weighted by atomic mass is 16.5. The van der Waals surface area contributed by atoms with Crippen molar-refractivity contribution in [2.75, 3.05) is 6.61 Å². The summed E-state index contributed by atoms with van der Waals surface area (Å²) in [7, 11) is 0. The molecule has 0 radical (unpaired) electrons. The standard InChI is InChI=1S/C26H36O6/c1-23(2,3)22(30)32-14-20(29)26(31)11-9-18-17-7-6-15-12-16(27)8-10-24(15,4)21(17)19(28)13-25(18,26)5/h8,10,12,17-19,21,28,31H,6-7,9,11,13-14H2,1-5H3/t17-,18-,19?,21+,24-,25-,26-/m0/s1. The summed E-state index contributed by atoms with van der Waals surface area (Å²) in [5.41, 5.74) is -2.45. The summed E-state index contributed by atoms with van der Waals surface area (Å²) in [5.74, 6) is -0.791. The molecule has 4 aliphatic rings. The van der Waals surface area contributed by atoms with E-state index >= 15 is 0 Å². The lowest BCUT2D eigenvalue weighted by Crippen LogP contribution is -2.61. The van der Waals surface area contributed by atoms with Gasteiger partial charge in [0.25, 0.3) is 0 Å². The topological polar surface area (TPSA) is 101 Å². The minimum Gasteiger partial charge on any atom is -0.457 e. The van der Waals surface area contributed by atoms with E-state index in [1.54, 1.807) is 32.9 Å². The Bertz CT molecular complexity index is 910. The average Bonchev–Trinajstić information content (AvgIpc) is 2.97. The van der Waals surface area contributed by atoms with Crippen LogP contribution in [0, 0.1) is 34.0 Å². The number of aliphatic hydroxyl groups is 2. The monoisotopic (exact) mass is 444 g/mol. The summed E-state index contributed by atoms with van der Waals surface area (Å²) in [6.45, 7) is 8.73. The second-order valence-corrected chi connectivity index (χ2v) is 11.9. The molecule has 0 spiro atoms. The van der Waals surface area contributed by atoms with Crippen LogP contribution in [0.4, 0.5) is 0 Å². The van der Waals surface area contributed by atoms with Crippen molar-refractivity contribution in [3.05, 3.63) is 23.8 Å². The quantitative estimate of drug-likeness (QED) is 0.649. The summed E-state index contributed by atoms with van der Waals surface area (Å²) in [6, 6.07) is 0. The van der Waals surface area contributed by atoms with E-state index in [0.29, 0.717) is 19.3 Å². The molecule has 0 aromatic heterocycles. The van der Waals surface area contributed by atoms with E-state index < -0.39 is 40.9 Å². The Morgan fingerprint density at radius 2 is 1.91 bits per heavy atom. The SMILES string of the molecule is CC(C)(C)C(=O)OCC(=O)[C@@]1(O)CC[C@H]2[C@@H]3CCC4=CC(=O)C=C[C@]4(C)[C@H]3C(O)C[C@@]21C. The molecule has 176 valence electrons. The minimum atomic E-state index is -1.63. The highest BCUT2D eigenvalue weighted by molar-refractivity contribution is 6.01. The van der Waals surface area contributed by atoms with Gasteiger partial charge in [-0.15, -0.1) is 0 Å². The van der Waals surface area contributed by atoms with Crippen molar-refractivity contribution in [1.82, 2.24) is 0 Å². The van der Waals surface area contributed by atoms with E-state index in [1.807, 2.05) is 13.0 Å². The number of aliphatic hydroxyl groups excluding tert-OH is 1. The van der Waals surface area contributed by atoms with Crippen LogP contribution in [0.25, 0.3) is 0 Å². The van der Waals surface area contributed by atoms with Gasteiger partial charge >= 0.3 is 5.97 Å². The van der Waals surface area contributed by atoms with Gasteiger partial charge in [0.2, 0.25) is 5.78 Å². The molecule has 4 rings (SSSR count). The van der Waals surface area contributed by atoms with E-state index in [0.717, 1.165) is 18.4 Å². The van der Waals surface area contributed by atoms with Gasteiger partial charge in [0.05, 0.1) is 11.5 Å². The number of fused-ring (bicyclic) bond motifs is 5. The van der Waals surface area contributed by atoms with Crippen LogP contribution in [0.15, 0.2) is 23.8 Å². The van der Waals surface area contributed by atoms with Crippen molar-refractivity contribution in [3.63, 3.8) is 0 Å². The van der Waals surface area contributed by atoms with Gasteiger partial charge in [-0.3, -0.25) is 14.4 Å². The van der Waals surface area contributed by atoms with Gasteiger partial charge in [-0.1, -0.05) is 25.5 Å². The van der Waals surface area contributed by atoms with Crippen molar-refractivity contribution in [3.8, 4) is 0 Å². The predicted octanol–water partition coefficient (Wildman–Crippen LogP) is 3.15. The summed E-state index contributed by atoms with van der Waals surface area (Å²) < 4.78 is 5.24. The molecule has 3 fully saturated rings. The van der Waals surface area contributed by atoms with Gasteiger partial charge in [0.1, 0.15) is 5.60 Å². The molecule has 2 N–H and O–H groups in total. The third-order valence-corrected chi connectivity index (χ3v) is 9.06. The molecule has 4 aliphatic carbocycles. The van der Waals surface area contributed by atoms with E-state index in [1.165, 1.54) is 0 Å². The van der Waals surface area contributed by atoms with E-state index in [9.17, 15) is 24.6 Å². The van der Waals surface area contributed by atoms with Gasteiger partial charge in [-0.25, -0.2) is 0 Å².